The van der Waals surface area contributed by atoms with Crippen LogP contribution in [0.1, 0.15) is 50.4 Å². The molecule has 0 spiro atoms. The molecule has 0 aliphatic carbocycles. The van der Waals surface area contributed by atoms with Crippen molar-refractivity contribution in [3.05, 3.63) is 46.3 Å². The van der Waals surface area contributed by atoms with E-state index in [0.717, 1.165) is 29.7 Å². The third-order valence-corrected chi connectivity index (χ3v) is 4.70. The predicted octanol–water partition coefficient (Wildman–Crippen LogP) is 1.76. The van der Waals surface area contributed by atoms with E-state index in [-0.39, 0.29) is 11.3 Å². The van der Waals surface area contributed by atoms with Crippen LogP contribution in [0.2, 0.25) is 0 Å². The molecule has 0 bridgehead atoms. The van der Waals surface area contributed by atoms with Crippen molar-refractivity contribution in [2.45, 2.75) is 40.8 Å². The zero-order chi connectivity index (χ0) is 20.6. The van der Waals surface area contributed by atoms with Crippen molar-refractivity contribution in [3.63, 3.8) is 0 Å². The summed E-state index contributed by atoms with van der Waals surface area (Å²) in [5.74, 6) is -1.75. The molecule has 2 N–H and O–H groups in total. The van der Waals surface area contributed by atoms with Gasteiger partial charge in [-0.25, -0.2) is 4.79 Å². The molecule has 0 aromatic carbocycles. The average molecular weight is 385 g/mol. The molecule has 0 unspecified atom stereocenters. The van der Waals surface area contributed by atoms with Gasteiger partial charge < -0.3 is 10.4 Å². The van der Waals surface area contributed by atoms with Crippen molar-refractivity contribution in [1.29, 1.82) is 0 Å². The van der Waals surface area contributed by atoms with Crippen LogP contribution in [-0.4, -0.2) is 46.3 Å². The van der Waals surface area contributed by atoms with Gasteiger partial charge in [-0.15, -0.1) is 0 Å². The molecule has 0 aliphatic rings. The summed E-state index contributed by atoms with van der Waals surface area (Å²) in [5.41, 5.74) is 3.79. The summed E-state index contributed by atoms with van der Waals surface area (Å²) in [7, 11) is 1.53. The molecule has 0 saturated heterocycles. The number of aromatic carboxylic acids is 1. The normalized spacial score (nSPS) is 11.0. The first-order chi connectivity index (χ1) is 13.2. The van der Waals surface area contributed by atoms with Gasteiger partial charge in [-0.05, 0) is 27.7 Å². The molecular formula is C18H23N7O3. The Morgan fingerprint density at radius 2 is 1.89 bits per heavy atom. The van der Waals surface area contributed by atoms with E-state index in [9.17, 15) is 14.7 Å². The number of rotatable bonds is 6. The summed E-state index contributed by atoms with van der Waals surface area (Å²) < 4.78 is 4.92. The molecule has 3 aromatic heterocycles. The Labute approximate surface area is 161 Å². The smallest absolute Gasteiger partial charge is 0.339 e. The number of carbonyl (C=O) groups is 2. The number of amides is 1. The molecule has 0 radical (unpaired) electrons. The molecule has 1 amide bonds. The SMILES string of the molecule is CCn1cc(Cn2nc(C)c(NC(=O)c3c(C(=O)O)cnn3C)c2C)c(C)n1. The maximum Gasteiger partial charge on any atom is 0.339 e. The number of carbonyl (C=O) groups excluding carboxylic acids is 1. The van der Waals surface area contributed by atoms with E-state index in [4.69, 9.17) is 0 Å². The van der Waals surface area contributed by atoms with E-state index in [1.165, 1.54) is 11.7 Å². The Kier molecular flexibility index (Phi) is 5.04. The summed E-state index contributed by atoms with van der Waals surface area (Å²) in [6, 6.07) is 0. The lowest BCUT2D eigenvalue weighted by molar-refractivity contribution is 0.0692. The number of hydrogen-bond acceptors (Lipinski definition) is 5. The van der Waals surface area contributed by atoms with Crippen LogP contribution in [0, 0.1) is 20.8 Å². The van der Waals surface area contributed by atoms with E-state index in [0.29, 0.717) is 17.9 Å². The predicted molar refractivity (Wildman–Crippen MR) is 102 cm³/mol. The van der Waals surface area contributed by atoms with Crippen LogP contribution in [0.4, 0.5) is 5.69 Å². The molecule has 0 saturated carbocycles. The van der Waals surface area contributed by atoms with Gasteiger partial charge in [-0.2, -0.15) is 15.3 Å². The number of hydrogen-bond donors (Lipinski definition) is 2. The van der Waals surface area contributed by atoms with Gasteiger partial charge in [0.2, 0.25) is 0 Å². The fourth-order valence-corrected chi connectivity index (χ4v) is 3.11. The van der Waals surface area contributed by atoms with Gasteiger partial charge in [0.05, 0.1) is 35.5 Å². The highest BCUT2D eigenvalue weighted by Crippen LogP contribution is 2.22. The maximum absolute atomic E-state index is 12.7. The first-order valence-corrected chi connectivity index (χ1v) is 8.86. The van der Waals surface area contributed by atoms with E-state index in [1.54, 1.807) is 11.6 Å². The largest absolute Gasteiger partial charge is 0.478 e. The summed E-state index contributed by atoms with van der Waals surface area (Å²) in [5, 5.41) is 24.9. The van der Waals surface area contributed by atoms with Gasteiger partial charge in [-0.1, -0.05) is 0 Å². The zero-order valence-corrected chi connectivity index (χ0v) is 16.5. The molecule has 3 aromatic rings. The van der Waals surface area contributed by atoms with Crippen molar-refractivity contribution in [3.8, 4) is 0 Å². The number of anilines is 1. The second kappa shape index (κ2) is 7.29. The molecule has 10 heteroatoms. The Hall–Kier alpha value is -3.43. The van der Waals surface area contributed by atoms with Crippen LogP contribution in [-0.2, 0) is 20.1 Å². The third kappa shape index (κ3) is 3.40. The van der Waals surface area contributed by atoms with Crippen LogP contribution < -0.4 is 5.32 Å². The van der Waals surface area contributed by atoms with Gasteiger partial charge >= 0.3 is 5.97 Å². The number of aryl methyl sites for hydroxylation is 4. The van der Waals surface area contributed by atoms with Crippen molar-refractivity contribution in [2.75, 3.05) is 5.32 Å². The van der Waals surface area contributed by atoms with Crippen LogP contribution >= 0.6 is 0 Å². The van der Waals surface area contributed by atoms with Gasteiger partial charge in [-0.3, -0.25) is 18.8 Å². The van der Waals surface area contributed by atoms with E-state index in [2.05, 4.69) is 20.6 Å². The van der Waals surface area contributed by atoms with Crippen molar-refractivity contribution < 1.29 is 14.7 Å². The monoisotopic (exact) mass is 385 g/mol. The molecule has 28 heavy (non-hydrogen) atoms. The summed E-state index contributed by atoms with van der Waals surface area (Å²) in [4.78, 5) is 24.0. The lowest BCUT2D eigenvalue weighted by Crippen LogP contribution is -2.20. The van der Waals surface area contributed by atoms with Crippen LogP contribution in [0.3, 0.4) is 0 Å². The highest BCUT2D eigenvalue weighted by Gasteiger charge is 2.24. The molecule has 148 valence electrons. The Morgan fingerprint density at radius 3 is 2.50 bits per heavy atom. The highest BCUT2D eigenvalue weighted by atomic mass is 16.4. The van der Waals surface area contributed by atoms with Crippen molar-refractivity contribution >= 4 is 17.6 Å². The molecule has 0 fully saturated rings. The number of nitrogens with zero attached hydrogens (tertiary/aromatic N) is 6. The van der Waals surface area contributed by atoms with Gasteiger partial charge in [0.25, 0.3) is 5.91 Å². The van der Waals surface area contributed by atoms with Gasteiger partial charge in [0, 0.05) is 25.4 Å². The topological polar surface area (TPSA) is 120 Å². The Bertz CT molecular complexity index is 1060. The lowest BCUT2D eigenvalue weighted by atomic mass is 10.2. The molecule has 3 heterocycles. The minimum atomic E-state index is -1.20. The second-order valence-corrected chi connectivity index (χ2v) is 6.59. The first-order valence-electron chi connectivity index (χ1n) is 8.86. The molecule has 0 aliphatic heterocycles. The summed E-state index contributed by atoms with van der Waals surface area (Å²) >= 11 is 0. The van der Waals surface area contributed by atoms with Gasteiger partial charge in [0.15, 0.2) is 0 Å². The minimum Gasteiger partial charge on any atom is -0.478 e. The number of aromatic nitrogens is 6. The van der Waals surface area contributed by atoms with Crippen LogP contribution in [0.15, 0.2) is 12.4 Å². The Morgan fingerprint density at radius 1 is 1.18 bits per heavy atom. The van der Waals surface area contributed by atoms with Crippen molar-refractivity contribution in [1.82, 2.24) is 29.3 Å². The second-order valence-electron chi connectivity index (χ2n) is 6.59. The molecular weight excluding hydrogens is 362 g/mol. The maximum atomic E-state index is 12.7. The molecule has 0 atom stereocenters. The lowest BCUT2D eigenvalue weighted by Gasteiger charge is -2.08. The van der Waals surface area contributed by atoms with Gasteiger partial charge in [0.1, 0.15) is 11.3 Å². The van der Waals surface area contributed by atoms with Crippen molar-refractivity contribution in [2.24, 2.45) is 7.05 Å². The van der Waals surface area contributed by atoms with Crippen LogP contribution in [0.5, 0.6) is 0 Å². The standard InChI is InChI=1S/C18H23N7O3/c1-6-24-8-13(10(2)21-24)9-25-12(4)15(11(3)22-25)20-17(26)16-14(18(27)28)7-19-23(16)5/h7-8H,6,9H2,1-5H3,(H,20,26)(H,27,28). The summed E-state index contributed by atoms with van der Waals surface area (Å²) in [6.07, 6.45) is 3.15. The fourth-order valence-electron chi connectivity index (χ4n) is 3.11. The van der Waals surface area contributed by atoms with Crippen LogP contribution in [0.25, 0.3) is 0 Å². The van der Waals surface area contributed by atoms with E-state index in [1.807, 2.05) is 31.6 Å². The number of carboxylic acid groups (broad SMARTS) is 1. The number of carboxylic acids is 1. The molecule has 10 nitrogen and oxygen atoms in total. The minimum absolute atomic E-state index is 0.0147. The Balaban J connectivity index is 1.88. The quantitative estimate of drug-likeness (QED) is 0.667. The summed E-state index contributed by atoms with van der Waals surface area (Å²) in [6.45, 7) is 8.94. The molecule has 3 rings (SSSR count). The van der Waals surface area contributed by atoms with E-state index >= 15 is 0 Å². The first kappa shape index (κ1) is 19.3. The van der Waals surface area contributed by atoms with E-state index < -0.39 is 11.9 Å². The average Bonchev–Trinajstić information content (AvgIpc) is 3.27. The fraction of sp³-hybridized carbons (Fsp3) is 0.389. The highest BCUT2D eigenvalue weighted by molar-refractivity contribution is 6.09. The number of nitrogens with one attached hydrogen (secondary N) is 1. The zero-order valence-electron chi connectivity index (χ0n) is 16.5. The third-order valence-electron chi connectivity index (χ3n) is 4.70.